The first kappa shape index (κ1) is 13.0. The predicted molar refractivity (Wildman–Crippen MR) is 72.1 cm³/mol. The third-order valence-electron chi connectivity index (χ3n) is 2.83. The lowest BCUT2D eigenvalue weighted by Crippen LogP contribution is -2.01. The molecule has 0 aliphatic carbocycles. The van der Waals surface area contributed by atoms with Crippen molar-refractivity contribution < 1.29 is 14.3 Å². The van der Waals surface area contributed by atoms with Gasteiger partial charge in [0.25, 0.3) is 0 Å². The van der Waals surface area contributed by atoms with E-state index in [4.69, 9.17) is 0 Å². The van der Waals surface area contributed by atoms with Crippen LogP contribution in [0.1, 0.15) is 27.6 Å². The van der Waals surface area contributed by atoms with Crippen molar-refractivity contribution in [1.82, 2.24) is 0 Å². The summed E-state index contributed by atoms with van der Waals surface area (Å²) in [5.74, 6) is -0.390. The Morgan fingerprint density at radius 2 is 1.79 bits per heavy atom. The summed E-state index contributed by atoms with van der Waals surface area (Å²) in [5.41, 5.74) is 2.68. The summed E-state index contributed by atoms with van der Waals surface area (Å²) in [4.78, 5) is 22.9. The van der Waals surface area contributed by atoms with Crippen molar-refractivity contribution >= 4 is 11.8 Å². The van der Waals surface area contributed by atoms with Gasteiger partial charge in [0.05, 0.1) is 12.7 Å². The lowest BCUT2D eigenvalue weighted by atomic mass is 9.97. The summed E-state index contributed by atoms with van der Waals surface area (Å²) in [7, 11) is 1.34. The highest BCUT2D eigenvalue weighted by Crippen LogP contribution is 2.24. The molecule has 3 heteroatoms. The molecule has 2 aromatic rings. The first-order valence-electron chi connectivity index (χ1n) is 5.84. The number of ether oxygens (including phenoxy) is 1. The Morgan fingerprint density at radius 1 is 1.11 bits per heavy atom. The molecule has 0 saturated carbocycles. The molecule has 3 nitrogen and oxygen atoms in total. The SMILES string of the molecule is COC(=O)c1ccc(-c2[c]cccc2C(C)=O)cc1. The summed E-state index contributed by atoms with van der Waals surface area (Å²) in [6.45, 7) is 1.52. The monoisotopic (exact) mass is 253 g/mol. The molecule has 0 atom stereocenters. The molecule has 95 valence electrons. The number of carbonyl (C=O) groups is 2. The number of ketones is 1. The average Bonchev–Trinajstić information content (AvgIpc) is 2.46. The van der Waals surface area contributed by atoms with Crippen LogP contribution < -0.4 is 0 Å². The van der Waals surface area contributed by atoms with Crippen molar-refractivity contribution in [2.75, 3.05) is 7.11 Å². The molecule has 0 bridgehead atoms. The highest BCUT2D eigenvalue weighted by atomic mass is 16.5. The van der Waals surface area contributed by atoms with Crippen LogP contribution in [0, 0.1) is 6.07 Å². The van der Waals surface area contributed by atoms with Gasteiger partial charge in [-0.1, -0.05) is 30.3 Å². The van der Waals surface area contributed by atoms with E-state index in [2.05, 4.69) is 10.8 Å². The van der Waals surface area contributed by atoms with E-state index >= 15 is 0 Å². The smallest absolute Gasteiger partial charge is 0.337 e. The fourth-order valence-electron chi connectivity index (χ4n) is 1.86. The Hall–Kier alpha value is -2.42. The second-order valence-corrected chi connectivity index (χ2v) is 4.08. The Bertz CT molecular complexity index is 612. The van der Waals surface area contributed by atoms with Crippen LogP contribution in [0.25, 0.3) is 11.1 Å². The first-order valence-corrected chi connectivity index (χ1v) is 5.84. The minimum atomic E-state index is -0.379. The molecule has 0 unspecified atom stereocenters. The molecule has 19 heavy (non-hydrogen) atoms. The van der Waals surface area contributed by atoms with Gasteiger partial charge in [-0.05, 0) is 30.7 Å². The maximum Gasteiger partial charge on any atom is 0.337 e. The van der Waals surface area contributed by atoms with Gasteiger partial charge in [-0.3, -0.25) is 4.79 Å². The minimum Gasteiger partial charge on any atom is -0.465 e. The first-order chi connectivity index (χ1) is 9.13. The molecular formula is C16H13O3. The van der Waals surface area contributed by atoms with Crippen LogP contribution in [-0.4, -0.2) is 18.9 Å². The highest BCUT2D eigenvalue weighted by molar-refractivity contribution is 6.00. The highest BCUT2D eigenvalue weighted by Gasteiger charge is 2.10. The van der Waals surface area contributed by atoms with Crippen LogP contribution in [0.15, 0.2) is 42.5 Å². The van der Waals surface area contributed by atoms with Crippen LogP contribution in [0.2, 0.25) is 0 Å². The molecule has 2 rings (SSSR count). The van der Waals surface area contributed by atoms with Crippen molar-refractivity contribution in [3.63, 3.8) is 0 Å². The lowest BCUT2D eigenvalue weighted by molar-refractivity contribution is 0.0600. The van der Waals surface area contributed by atoms with E-state index in [1.165, 1.54) is 14.0 Å². The Morgan fingerprint density at radius 3 is 2.37 bits per heavy atom. The topological polar surface area (TPSA) is 43.4 Å². The van der Waals surface area contributed by atoms with Crippen molar-refractivity contribution in [3.05, 3.63) is 59.7 Å². The van der Waals surface area contributed by atoms with Gasteiger partial charge in [-0.25, -0.2) is 4.79 Å². The minimum absolute atomic E-state index is 0.0103. The van der Waals surface area contributed by atoms with E-state index < -0.39 is 0 Å². The third kappa shape index (κ3) is 2.71. The summed E-state index contributed by atoms with van der Waals surface area (Å²) in [6.07, 6.45) is 0. The maximum absolute atomic E-state index is 11.6. The fourth-order valence-corrected chi connectivity index (χ4v) is 1.86. The van der Waals surface area contributed by atoms with Gasteiger partial charge in [0, 0.05) is 11.1 Å². The second kappa shape index (κ2) is 5.48. The van der Waals surface area contributed by atoms with Crippen LogP contribution in [0.3, 0.4) is 0 Å². The normalized spacial score (nSPS) is 10.0. The van der Waals surface area contributed by atoms with E-state index in [1.54, 1.807) is 42.5 Å². The summed E-state index contributed by atoms with van der Waals surface area (Å²) in [5, 5.41) is 0. The molecule has 0 aromatic heterocycles. The molecule has 0 heterocycles. The van der Waals surface area contributed by atoms with Gasteiger partial charge in [0.1, 0.15) is 0 Å². The fraction of sp³-hybridized carbons (Fsp3) is 0.125. The molecule has 0 aliphatic rings. The standard InChI is InChI=1S/C16H13O3/c1-11(17)14-5-3-4-6-15(14)12-7-9-13(10-8-12)16(18)19-2/h3-5,7-10H,1-2H3. The molecule has 0 amide bonds. The van der Waals surface area contributed by atoms with E-state index in [0.29, 0.717) is 11.1 Å². The number of benzene rings is 2. The number of rotatable bonds is 3. The zero-order valence-electron chi connectivity index (χ0n) is 10.8. The lowest BCUT2D eigenvalue weighted by Gasteiger charge is -2.07. The van der Waals surface area contributed by atoms with Gasteiger partial charge < -0.3 is 4.74 Å². The number of hydrogen-bond acceptors (Lipinski definition) is 3. The van der Waals surface area contributed by atoms with Crippen LogP contribution in [0.4, 0.5) is 0 Å². The predicted octanol–water partition coefficient (Wildman–Crippen LogP) is 3.14. The molecule has 0 aliphatic heterocycles. The molecule has 0 saturated heterocycles. The zero-order chi connectivity index (χ0) is 13.8. The van der Waals surface area contributed by atoms with Gasteiger partial charge in [0.2, 0.25) is 0 Å². The third-order valence-corrected chi connectivity index (χ3v) is 2.83. The largest absolute Gasteiger partial charge is 0.465 e. The average molecular weight is 253 g/mol. The van der Waals surface area contributed by atoms with Crippen molar-refractivity contribution in [3.8, 4) is 11.1 Å². The Kier molecular flexibility index (Phi) is 3.76. The van der Waals surface area contributed by atoms with E-state index in [9.17, 15) is 9.59 Å². The van der Waals surface area contributed by atoms with E-state index in [0.717, 1.165) is 11.1 Å². The van der Waals surface area contributed by atoms with Gasteiger partial charge in [-0.15, -0.1) is 0 Å². The van der Waals surface area contributed by atoms with Gasteiger partial charge in [0.15, 0.2) is 5.78 Å². The number of carbonyl (C=O) groups excluding carboxylic acids is 2. The maximum atomic E-state index is 11.6. The van der Waals surface area contributed by atoms with Gasteiger partial charge in [-0.2, -0.15) is 0 Å². The zero-order valence-corrected chi connectivity index (χ0v) is 10.8. The summed E-state index contributed by atoms with van der Waals surface area (Å²) < 4.78 is 4.64. The van der Waals surface area contributed by atoms with Gasteiger partial charge >= 0.3 is 5.97 Å². The number of hydrogen-bond donors (Lipinski definition) is 0. The Balaban J connectivity index is 2.43. The van der Waals surface area contributed by atoms with Crippen LogP contribution in [-0.2, 0) is 4.74 Å². The van der Waals surface area contributed by atoms with Crippen molar-refractivity contribution in [2.45, 2.75) is 6.92 Å². The summed E-state index contributed by atoms with van der Waals surface area (Å²) >= 11 is 0. The molecule has 0 N–H and O–H groups in total. The van der Waals surface area contributed by atoms with Crippen molar-refractivity contribution in [2.24, 2.45) is 0 Å². The van der Waals surface area contributed by atoms with Crippen LogP contribution >= 0.6 is 0 Å². The summed E-state index contributed by atoms with van der Waals surface area (Å²) in [6, 6.07) is 15.3. The molecule has 0 fully saturated rings. The van der Waals surface area contributed by atoms with E-state index in [1.807, 2.05) is 0 Å². The van der Waals surface area contributed by atoms with Crippen LogP contribution in [0.5, 0.6) is 0 Å². The quantitative estimate of drug-likeness (QED) is 0.623. The van der Waals surface area contributed by atoms with E-state index in [-0.39, 0.29) is 11.8 Å². The molecule has 0 spiro atoms. The molecular weight excluding hydrogens is 240 g/mol. The Labute approximate surface area is 111 Å². The number of methoxy groups -OCH3 is 1. The molecule has 1 radical (unpaired) electrons. The number of esters is 1. The second-order valence-electron chi connectivity index (χ2n) is 4.08. The number of Topliss-reactive ketones (excluding diaryl/α,β-unsaturated/α-hetero) is 1. The molecule has 2 aromatic carbocycles. The van der Waals surface area contributed by atoms with Crippen molar-refractivity contribution in [1.29, 1.82) is 0 Å².